The highest BCUT2D eigenvalue weighted by Gasteiger charge is 2.31. The summed E-state index contributed by atoms with van der Waals surface area (Å²) in [6.07, 6.45) is 2.27. The van der Waals surface area contributed by atoms with Crippen LogP contribution in [-0.2, 0) is 6.42 Å². The van der Waals surface area contributed by atoms with Gasteiger partial charge < -0.3 is 15.5 Å². The summed E-state index contributed by atoms with van der Waals surface area (Å²) in [6.45, 7) is 0. The van der Waals surface area contributed by atoms with Gasteiger partial charge in [-0.15, -0.1) is 0 Å². The highest BCUT2D eigenvalue weighted by atomic mass is 16.3. The monoisotopic (exact) mass is 242 g/mol. The molecular weight excluding hydrogens is 228 g/mol. The van der Waals surface area contributed by atoms with Gasteiger partial charge in [-0.05, 0) is 29.7 Å². The van der Waals surface area contributed by atoms with Crippen LogP contribution in [0.15, 0.2) is 47.1 Å². The lowest BCUT2D eigenvalue weighted by Gasteiger charge is -2.17. The largest absolute Gasteiger partial charge is 0.459 e. The molecule has 0 fully saturated rings. The average Bonchev–Trinajstić information content (AvgIpc) is 2.98. The molecule has 1 aromatic carbocycles. The van der Waals surface area contributed by atoms with Crippen LogP contribution in [0.5, 0.6) is 0 Å². The average molecular weight is 242 g/mol. The molecule has 0 aliphatic heterocycles. The quantitative estimate of drug-likeness (QED) is 0.841. The summed E-state index contributed by atoms with van der Waals surface area (Å²) in [5.41, 5.74) is 8.39. The summed E-state index contributed by atoms with van der Waals surface area (Å²) in [5.74, 6) is 0.0868. The first-order valence-electron chi connectivity index (χ1n) is 5.93. The van der Waals surface area contributed by atoms with Crippen molar-refractivity contribution in [3.63, 3.8) is 0 Å². The number of rotatable bonds is 2. The van der Waals surface area contributed by atoms with Gasteiger partial charge in [-0.2, -0.15) is 0 Å². The Balaban J connectivity index is 1.83. The fourth-order valence-electron chi connectivity index (χ4n) is 2.43. The highest BCUT2D eigenvalue weighted by molar-refractivity contribution is 5.91. The fourth-order valence-corrected chi connectivity index (χ4v) is 2.43. The lowest BCUT2D eigenvalue weighted by molar-refractivity contribution is 0.0905. The molecule has 1 aromatic heterocycles. The van der Waals surface area contributed by atoms with Crippen molar-refractivity contribution < 1.29 is 9.21 Å². The van der Waals surface area contributed by atoms with Crippen LogP contribution in [0.1, 0.15) is 27.7 Å². The Morgan fingerprint density at radius 2 is 2.11 bits per heavy atom. The number of furan rings is 1. The van der Waals surface area contributed by atoms with Gasteiger partial charge >= 0.3 is 0 Å². The van der Waals surface area contributed by atoms with Gasteiger partial charge in [0, 0.05) is 6.04 Å². The van der Waals surface area contributed by atoms with Crippen LogP contribution in [0.3, 0.4) is 0 Å². The minimum Gasteiger partial charge on any atom is -0.459 e. The Morgan fingerprint density at radius 1 is 1.28 bits per heavy atom. The maximum atomic E-state index is 12.0. The van der Waals surface area contributed by atoms with Crippen LogP contribution >= 0.6 is 0 Å². The van der Waals surface area contributed by atoms with Crippen molar-refractivity contribution in [1.82, 2.24) is 5.32 Å². The molecule has 0 radical (unpaired) electrons. The van der Waals surface area contributed by atoms with Gasteiger partial charge in [0.25, 0.3) is 5.91 Å². The molecule has 1 aliphatic rings. The zero-order valence-corrected chi connectivity index (χ0v) is 9.80. The zero-order chi connectivity index (χ0) is 12.5. The number of nitrogens with two attached hydrogens (primary N) is 1. The van der Waals surface area contributed by atoms with E-state index in [1.807, 2.05) is 24.3 Å². The summed E-state index contributed by atoms with van der Waals surface area (Å²) >= 11 is 0. The van der Waals surface area contributed by atoms with E-state index in [-0.39, 0.29) is 18.0 Å². The number of amides is 1. The third kappa shape index (κ3) is 1.80. The molecule has 1 amide bonds. The van der Waals surface area contributed by atoms with Crippen LogP contribution in [-0.4, -0.2) is 11.9 Å². The summed E-state index contributed by atoms with van der Waals surface area (Å²) in [7, 11) is 0. The first kappa shape index (κ1) is 11.0. The molecule has 0 bridgehead atoms. The molecule has 4 heteroatoms. The molecule has 3 rings (SSSR count). The Morgan fingerprint density at radius 3 is 2.89 bits per heavy atom. The molecule has 2 unspecified atom stereocenters. The van der Waals surface area contributed by atoms with Crippen molar-refractivity contribution in [2.45, 2.75) is 18.5 Å². The highest BCUT2D eigenvalue weighted by Crippen LogP contribution is 2.30. The first-order chi connectivity index (χ1) is 8.75. The van der Waals surface area contributed by atoms with Crippen LogP contribution < -0.4 is 11.1 Å². The molecule has 1 aliphatic carbocycles. The van der Waals surface area contributed by atoms with Crippen LogP contribution in [0, 0.1) is 0 Å². The second-order valence-electron chi connectivity index (χ2n) is 4.50. The number of hydrogen-bond acceptors (Lipinski definition) is 3. The maximum Gasteiger partial charge on any atom is 0.287 e. The molecule has 2 aromatic rings. The van der Waals surface area contributed by atoms with Crippen molar-refractivity contribution in [3.05, 3.63) is 59.5 Å². The summed E-state index contributed by atoms with van der Waals surface area (Å²) in [4.78, 5) is 12.0. The van der Waals surface area contributed by atoms with Gasteiger partial charge in [0.05, 0.1) is 12.3 Å². The molecule has 0 saturated heterocycles. The molecule has 2 atom stereocenters. The molecule has 92 valence electrons. The molecule has 18 heavy (non-hydrogen) atoms. The lowest BCUT2D eigenvalue weighted by atomic mass is 10.1. The molecule has 3 N–H and O–H groups in total. The van der Waals surface area contributed by atoms with E-state index in [1.54, 1.807) is 12.1 Å². The third-order valence-electron chi connectivity index (χ3n) is 3.31. The van der Waals surface area contributed by atoms with E-state index in [9.17, 15) is 4.79 Å². The SMILES string of the molecule is NC1Cc2ccccc2C1NC(=O)c1ccco1. The maximum absolute atomic E-state index is 12.0. The van der Waals surface area contributed by atoms with Crippen molar-refractivity contribution >= 4 is 5.91 Å². The molecule has 0 saturated carbocycles. The summed E-state index contributed by atoms with van der Waals surface area (Å²) in [6, 6.07) is 11.1. The zero-order valence-electron chi connectivity index (χ0n) is 9.80. The minimum atomic E-state index is -0.225. The second kappa shape index (κ2) is 4.31. The van der Waals surface area contributed by atoms with Gasteiger partial charge in [0.2, 0.25) is 0 Å². The Labute approximate surface area is 105 Å². The van der Waals surface area contributed by atoms with Crippen LogP contribution in [0.25, 0.3) is 0 Å². The standard InChI is InChI=1S/C14H14N2O2/c15-11-8-9-4-1-2-5-10(9)13(11)16-14(17)12-6-3-7-18-12/h1-7,11,13H,8,15H2,(H,16,17). The third-order valence-corrected chi connectivity index (χ3v) is 3.31. The molecule has 0 spiro atoms. The fraction of sp³-hybridized carbons (Fsp3) is 0.214. The van der Waals surface area contributed by atoms with E-state index in [0.717, 1.165) is 12.0 Å². The molecule has 4 nitrogen and oxygen atoms in total. The smallest absolute Gasteiger partial charge is 0.287 e. The number of carbonyl (C=O) groups excluding carboxylic acids is 1. The Kier molecular flexibility index (Phi) is 2.64. The number of hydrogen-bond donors (Lipinski definition) is 2. The predicted molar refractivity (Wildman–Crippen MR) is 67.0 cm³/mol. The van der Waals surface area contributed by atoms with Crippen molar-refractivity contribution in [2.75, 3.05) is 0 Å². The van der Waals surface area contributed by atoms with E-state index in [2.05, 4.69) is 5.32 Å². The van der Waals surface area contributed by atoms with E-state index in [1.165, 1.54) is 11.8 Å². The molecular formula is C14H14N2O2. The van der Waals surface area contributed by atoms with E-state index in [4.69, 9.17) is 10.2 Å². The van der Waals surface area contributed by atoms with E-state index in [0.29, 0.717) is 5.76 Å². The van der Waals surface area contributed by atoms with Crippen molar-refractivity contribution in [2.24, 2.45) is 5.73 Å². The van der Waals surface area contributed by atoms with E-state index >= 15 is 0 Å². The Hall–Kier alpha value is -2.07. The van der Waals surface area contributed by atoms with Gasteiger partial charge in [-0.1, -0.05) is 24.3 Å². The normalized spacial score (nSPS) is 21.6. The van der Waals surface area contributed by atoms with Gasteiger partial charge in [0.1, 0.15) is 0 Å². The predicted octanol–water partition coefficient (Wildman–Crippen LogP) is 1.63. The second-order valence-corrected chi connectivity index (χ2v) is 4.50. The topological polar surface area (TPSA) is 68.3 Å². The van der Waals surface area contributed by atoms with Gasteiger partial charge in [-0.25, -0.2) is 0 Å². The van der Waals surface area contributed by atoms with Gasteiger partial charge in [0.15, 0.2) is 5.76 Å². The van der Waals surface area contributed by atoms with Crippen LogP contribution in [0.4, 0.5) is 0 Å². The summed E-state index contributed by atoms with van der Waals surface area (Å²) < 4.78 is 5.08. The number of benzene rings is 1. The van der Waals surface area contributed by atoms with Crippen molar-refractivity contribution in [3.8, 4) is 0 Å². The Bertz CT molecular complexity index is 563. The number of fused-ring (bicyclic) bond motifs is 1. The molecule has 1 heterocycles. The first-order valence-corrected chi connectivity index (χ1v) is 5.93. The summed E-state index contributed by atoms with van der Waals surface area (Å²) in [5, 5.41) is 2.93. The number of carbonyl (C=O) groups is 1. The van der Waals surface area contributed by atoms with Crippen LogP contribution in [0.2, 0.25) is 0 Å². The van der Waals surface area contributed by atoms with Gasteiger partial charge in [-0.3, -0.25) is 4.79 Å². The number of nitrogens with one attached hydrogen (secondary N) is 1. The van der Waals surface area contributed by atoms with E-state index < -0.39 is 0 Å². The lowest BCUT2D eigenvalue weighted by Crippen LogP contribution is -2.38. The van der Waals surface area contributed by atoms with Crippen molar-refractivity contribution in [1.29, 1.82) is 0 Å². The minimum absolute atomic E-state index is 0.0821.